The first-order valence-corrected chi connectivity index (χ1v) is 7.21. The van der Waals surface area contributed by atoms with Crippen LogP contribution in [0.3, 0.4) is 0 Å². The van der Waals surface area contributed by atoms with E-state index >= 15 is 0 Å². The number of hydrogen-bond acceptors (Lipinski definition) is 5. The first kappa shape index (κ1) is 15.7. The van der Waals surface area contributed by atoms with Crippen LogP contribution >= 0.6 is 11.6 Å². The lowest BCUT2D eigenvalue weighted by Crippen LogP contribution is -2.32. The van der Waals surface area contributed by atoms with Crippen molar-refractivity contribution in [3.63, 3.8) is 0 Å². The molecule has 1 saturated carbocycles. The molecule has 1 aromatic rings. The molecule has 7 heteroatoms. The van der Waals surface area contributed by atoms with Crippen LogP contribution in [-0.2, 0) is 16.1 Å². The minimum atomic E-state index is -0.448. The molecule has 0 aliphatic heterocycles. The molecule has 0 radical (unpaired) electrons. The lowest BCUT2D eigenvalue weighted by atomic mass is 10.1. The molecule has 21 heavy (non-hydrogen) atoms. The van der Waals surface area contributed by atoms with Crippen molar-refractivity contribution in [3.8, 4) is 0 Å². The van der Waals surface area contributed by atoms with E-state index in [1.807, 2.05) is 4.90 Å². The Balaban J connectivity index is 2.13. The number of nitro benzene ring substituents is 1. The zero-order chi connectivity index (χ0) is 15.4. The van der Waals surface area contributed by atoms with Gasteiger partial charge in [0.1, 0.15) is 0 Å². The molecule has 6 nitrogen and oxygen atoms in total. The van der Waals surface area contributed by atoms with E-state index in [-0.39, 0.29) is 18.2 Å². The molecule has 1 aromatic carbocycles. The minimum Gasteiger partial charge on any atom is -0.465 e. The van der Waals surface area contributed by atoms with Gasteiger partial charge in [-0.2, -0.15) is 0 Å². The Morgan fingerprint density at radius 3 is 2.81 bits per heavy atom. The number of hydrogen-bond donors (Lipinski definition) is 0. The highest BCUT2D eigenvalue weighted by molar-refractivity contribution is 6.30. The number of ether oxygens (including phenoxy) is 1. The van der Waals surface area contributed by atoms with Gasteiger partial charge in [0, 0.05) is 29.2 Å². The van der Waals surface area contributed by atoms with Gasteiger partial charge in [0.15, 0.2) is 0 Å². The maximum absolute atomic E-state index is 11.6. The molecular weight excluding hydrogens is 296 g/mol. The van der Waals surface area contributed by atoms with E-state index in [9.17, 15) is 14.9 Å². The summed E-state index contributed by atoms with van der Waals surface area (Å²) in [5.41, 5.74) is 0.539. The van der Waals surface area contributed by atoms with E-state index in [4.69, 9.17) is 16.3 Å². The summed E-state index contributed by atoms with van der Waals surface area (Å²) >= 11 is 5.81. The highest BCUT2D eigenvalue weighted by Crippen LogP contribution is 2.31. The molecule has 0 aromatic heterocycles. The van der Waals surface area contributed by atoms with Gasteiger partial charge in [-0.3, -0.25) is 19.8 Å². The summed E-state index contributed by atoms with van der Waals surface area (Å²) in [7, 11) is 0. The summed E-state index contributed by atoms with van der Waals surface area (Å²) in [5, 5.41) is 11.4. The Bertz CT molecular complexity index is 546. The van der Waals surface area contributed by atoms with Crippen molar-refractivity contribution in [1.29, 1.82) is 0 Å². The fourth-order valence-corrected chi connectivity index (χ4v) is 2.35. The summed E-state index contributed by atoms with van der Waals surface area (Å²) in [4.78, 5) is 24.2. The molecule has 0 bridgehead atoms. The molecule has 1 fully saturated rings. The second-order valence-corrected chi connectivity index (χ2v) is 5.41. The van der Waals surface area contributed by atoms with Crippen molar-refractivity contribution >= 4 is 23.3 Å². The number of halogens is 1. The third-order valence-electron chi connectivity index (χ3n) is 3.32. The van der Waals surface area contributed by atoms with E-state index in [2.05, 4.69) is 0 Å². The Kier molecular flexibility index (Phi) is 5.14. The van der Waals surface area contributed by atoms with E-state index < -0.39 is 4.92 Å². The monoisotopic (exact) mass is 312 g/mol. The maximum atomic E-state index is 11.6. The molecule has 0 spiro atoms. The molecule has 0 amide bonds. The van der Waals surface area contributed by atoms with Gasteiger partial charge in [0.25, 0.3) is 5.69 Å². The van der Waals surface area contributed by atoms with Crippen LogP contribution in [0.1, 0.15) is 25.3 Å². The molecule has 1 aliphatic rings. The van der Waals surface area contributed by atoms with Crippen LogP contribution in [0, 0.1) is 10.1 Å². The van der Waals surface area contributed by atoms with E-state index in [1.54, 1.807) is 19.1 Å². The predicted octanol–water partition coefficient (Wildman–Crippen LogP) is 2.78. The molecule has 2 rings (SSSR count). The van der Waals surface area contributed by atoms with Crippen molar-refractivity contribution in [3.05, 3.63) is 38.9 Å². The number of nitrogens with zero attached hydrogens (tertiary/aromatic N) is 2. The lowest BCUT2D eigenvalue weighted by Gasteiger charge is -2.20. The van der Waals surface area contributed by atoms with Crippen molar-refractivity contribution < 1.29 is 14.5 Å². The van der Waals surface area contributed by atoms with Crippen LogP contribution in [0.25, 0.3) is 0 Å². The Morgan fingerprint density at radius 2 is 2.24 bits per heavy atom. The summed E-state index contributed by atoms with van der Waals surface area (Å²) in [6.07, 6.45) is 2.00. The highest BCUT2D eigenvalue weighted by Gasteiger charge is 2.32. The van der Waals surface area contributed by atoms with Gasteiger partial charge < -0.3 is 4.74 Å². The van der Waals surface area contributed by atoms with Crippen molar-refractivity contribution in [2.24, 2.45) is 0 Å². The van der Waals surface area contributed by atoms with Crippen LogP contribution in [-0.4, -0.2) is 35.0 Å². The number of esters is 1. The Morgan fingerprint density at radius 1 is 1.52 bits per heavy atom. The topological polar surface area (TPSA) is 72.7 Å². The fourth-order valence-electron chi connectivity index (χ4n) is 2.19. The SMILES string of the molecule is CCOC(=O)CN(Cc1ccc(Cl)cc1[N+](=O)[O-])C1CC1. The summed E-state index contributed by atoms with van der Waals surface area (Å²) in [5.74, 6) is -0.305. The average molecular weight is 313 g/mol. The third-order valence-corrected chi connectivity index (χ3v) is 3.55. The molecule has 0 atom stereocenters. The maximum Gasteiger partial charge on any atom is 0.320 e. The normalized spacial score (nSPS) is 14.2. The van der Waals surface area contributed by atoms with Crippen LogP contribution < -0.4 is 0 Å². The van der Waals surface area contributed by atoms with E-state index in [1.165, 1.54) is 6.07 Å². The van der Waals surface area contributed by atoms with Gasteiger partial charge in [-0.25, -0.2) is 0 Å². The van der Waals surface area contributed by atoms with E-state index in [0.29, 0.717) is 29.8 Å². The largest absolute Gasteiger partial charge is 0.465 e. The number of nitro groups is 1. The van der Waals surface area contributed by atoms with Crippen LogP contribution in [0.4, 0.5) is 5.69 Å². The van der Waals surface area contributed by atoms with Gasteiger partial charge in [0.05, 0.1) is 18.1 Å². The first-order valence-electron chi connectivity index (χ1n) is 6.83. The van der Waals surface area contributed by atoms with Crippen LogP contribution in [0.15, 0.2) is 18.2 Å². The molecule has 0 N–H and O–H groups in total. The lowest BCUT2D eigenvalue weighted by molar-refractivity contribution is -0.385. The number of carbonyl (C=O) groups excluding carboxylic acids is 1. The number of benzene rings is 1. The van der Waals surface area contributed by atoms with Crippen LogP contribution in [0.5, 0.6) is 0 Å². The molecule has 0 unspecified atom stereocenters. The second kappa shape index (κ2) is 6.87. The van der Waals surface area contributed by atoms with Gasteiger partial charge in [0.2, 0.25) is 0 Å². The predicted molar refractivity (Wildman–Crippen MR) is 78.2 cm³/mol. The summed E-state index contributed by atoms with van der Waals surface area (Å²) in [6, 6.07) is 4.90. The first-order chi connectivity index (χ1) is 10.0. The smallest absolute Gasteiger partial charge is 0.320 e. The summed E-state index contributed by atoms with van der Waals surface area (Å²) in [6.45, 7) is 2.58. The zero-order valence-corrected chi connectivity index (χ0v) is 12.5. The third kappa shape index (κ3) is 4.41. The quantitative estimate of drug-likeness (QED) is 0.440. The molecule has 0 saturated heterocycles. The number of rotatable bonds is 7. The zero-order valence-electron chi connectivity index (χ0n) is 11.8. The standard InChI is InChI=1S/C14H17ClN2O4/c1-2-21-14(18)9-16(12-5-6-12)8-10-3-4-11(15)7-13(10)17(19)20/h3-4,7,12H,2,5-6,8-9H2,1H3. The Hall–Kier alpha value is -1.66. The molecular formula is C14H17ClN2O4. The van der Waals surface area contributed by atoms with Gasteiger partial charge in [-0.15, -0.1) is 0 Å². The highest BCUT2D eigenvalue weighted by atomic mass is 35.5. The van der Waals surface area contributed by atoms with Gasteiger partial charge in [-0.1, -0.05) is 11.6 Å². The molecule has 114 valence electrons. The molecule has 1 aliphatic carbocycles. The molecule has 0 heterocycles. The minimum absolute atomic E-state index is 0.0167. The Labute approximate surface area is 127 Å². The van der Waals surface area contributed by atoms with Crippen molar-refractivity contribution in [2.75, 3.05) is 13.2 Å². The van der Waals surface area contributed by atoms with Gasteiger partial charge in [-0.05, 0) is 31.9 Å². The average Bonchev–Trinajstić information content (AvgIpc) is 3.24. The van der Waals surface area contributed by atoms with Crippen molar-refractivity contribution in [1.82, 2.24) is 4.90 Å². The fraction of sp³-hybridized carbons (Fsp3) is 0.500. The van der Waals surface area contributed by atoms with Crippen LogP contribution in [0.2, 0.25) is 5.02 Å². The number of carbonyl (C=O) groups is 1. The van der Waals surface area contributed by atoms with Crippen molar-refractivity contribution in [2.45, 2.75) is 32.4 Å². The summed E-state index contributed by atoms with van der Waals surface area (Å²) < 4.78 is 4.95. The second-order valence-electron chi connectivity index (χ2n) is 4.97. The van der Waals surface area contributed by atoms with E-state index in [0.717, 1.165) is 12.8 Å². The van der Waals surface area contributed by atoms with Gasteiger partial charge >= 0.3 is 5.97 Å².